The second-order valence-electron chi connectivity index (χ2n) is 8.10. The molecule has 0 radical (unpaired) electrons. The van der Waals surface area contributed by atoms with E-state index in [1.54, 1.807) is 13.8 Å². The predicted molar refractivity (Wildman–Crippen MR) is 124 cm³/mol. The van der Waals surface area contributed by atoms with Crippen LogP contribution in [0.25, 0.3) is 0 Å². The molecule has 0 aromatic carbocycles. The van der Waals surface area contributed by atoms with Gasteiger partial charge in [0.05, 0.1) is 0 Å². The van der Waals surface area contributed by atoms with E-state index in [1.165, 1.54) is 17.1 Å². The summed E-state index contributed by atoms with van der Waals surface area (Å²) >= 11 is 0. The monoisotopic (exact) mass is 500 g/mol. The fourth-order valence-electron chi connectivity index (χ4n) is 2.78. The Morgan fingerprint density at radius 2 is 1.57 bits per heavy atom. The highest BCUT2D eigenvalue weighted by Crippen LogP contribution is 2.07. The van der Waals surface area contributed by atoms with E-state index in [1.807, 2.05) is 0 Å². The number of nitrogens with two attached hydrogens (primary N) is 2. The number of carbonyl (C=O) groups excluding carboxylic acids is 4. The molecule has 35 heavy (non-hydrogen) atoms. The van der Waals surface area contributed by atoms with E-state index in [9.17, 15) is 28.8 Å². The van der Waals surface area contributed by atoms with Crippen LogP contribution in [0.15, 0.2) is 12.2 Å². The molecule has 198 valence electrons. The standard InChI is InChI=1S/C15H23N3O5.C6H13N3O3/c1-10(2)14(15(22)23)17-16-11(19)6-4-3-5-9-18-12(20)7-8-13(18)21;7-4(5(10)11)2-1-3-9-6(8)12/h7-8,10,14,17H,3-6,9H2,1-2H3,(H,16,19)(H,22,23);4H,1-3,7H2,(H,10,11)(H3,8,9,12). The lowest BCUT2D eigenvalue weighted by Gasteiger charge is -2.18. The highest BCUT2D eigenvalue weighted by Gasteiger charge is 2.23. The zero-order valence-corrected chi connectivity index (χ0v) is 20.0. The number of carbonyl (C=O) groups is 6. The SMILES string of the molecule is CC(C)C(NNC(=O)CCCCCN1C(=O)C=CC1=O)C(=O)O.NC(=O)NCCCC(N)C(=O)O. The van der Waals surface area contributed by atoms with Crippen LogP contribution in [0.3, 0.4) is 0 Å². The minimum absolute atomic E-state index is 0.156. The molecule has 0 fully saturated rings. The third-order valence-corrected chi connectivity index (χ3v) is 4.79. The maximum absolute atomic E-state index is 11.6. The van der Waals surface area contributed by atoms with Crippen molar-refractivity contribution in [2.75, 3.05) is 13.1 Å². The molecule has 9 N–H and O–H groups in total. The molecule has 0 saturated heterocycles. The van der Waals surface area contributed by atoms with E-state index in [0.717, 1.165) is 0 Å². The van der Waals surface area contributed by atoms with Crippen molar-refractivity contribution >= 4 is 35.7 Å². The van der Waals surface area contributed by atoms with Gasteiger partial charge in [0.1, 0.15) is 12.1 Å². The summed E-state index contributed by atoms with van der Waals surface area (Å²) in [5, 5.41) is 19.7. The van der Waals surface area contributed by atoms with Gasteiger partial charge < -0.3 is 27.0 Å². The van der Waals surface area contributed by atoms with Gasteiger partial charge in [-0.05, 0) is 31.6 Å². The van der Waals surface area contributed by atoms with Crippen molar-refractivity contribution in [2.24, 2.45) is 17.4 Å². The lowest BCUT2D eigenvalue weighted by Crippen LogP contribution is -2.50. The highest BCUT2D eigenvalue weighted by molar-refractivity contribution is 6.12. The van der Waals surface area contributed by atoms with E-state index in [-0.39, 0.29) is 30.1 Å². The van der Waals surface area contributed by atoms with Gasteiger partial charge in [0.2, 0.25) is 5.91 Å². The fraction of sp³-hybridized carbons (Fsp3) is 0.619. The van der Waals surface area contributed by atoms with Crippen LogP contribution in [-0.4, -0.2) is 76.0 Å². The first-order valence-corrected chi connectivity index (χ1v) is 11.2. The first-order chi connectivity index (χ1) is 16.4. The van der Waals surface area contributed by atoms with Crippen LogP contribution < -0.4 is 27.6 Å². The summed E-state index contributed by atoms with van der Waals surface area (Å²) < 4.78 is 0. The van der Waals surface area contributed by atoms with Crippen molar-refractivity contribution in [3.8, 4) is 0 Å². The molecule has 1 aliphatic rings. The summed E-state index contributed by atoms with van der Waals surface area (Å²) in [5.41, 5.74) is 14.9. The number of nitrogens with zero attached hydrogens (tertiary/aromatic N) is 1. The Balaban J connectivity index is 0.000000814. The maximum atomic E-state index is 11.6. The lowest BCUT2D eigenvalue weighted by atomic mass is 10.1. The van der Waals surface area contributed by atoms with Gasteiger partial charge in [0.15, 0.2) is 0 Å². The molecule has 0 aromatic heterocycles. The van der Waals surface area contributed by atoms with Crippen LogP contribution in [0, 0.1) is 5.92 Å². The molecule has 2 unspecified atom stereocenters. The molecule has 0 spiro atoms. The normalized spacial score (nSPS) is 14.2. The van der Waals surface area contributed by atoms with Crippen molar-refractivity contribution in [2.45, 2.75) is 64.5 Å². The maximum Gasteiger partial charge on any atom is 0.322 e. The van der Waals surface area contributed by atoms with Gasteiger partial charge in [0.25, 0.3) is 11.8 Å². The number of urea groups is 1. The number of imide groups is 1. The van der Waals surface area contributed by atoms with Gasteiger partial charge in [-0.1, -0.05) is 20.3 Å². The molecule has 0 aliphatic carbocycles. The second kappa shape index (κ2) is 17.0. The van der Waals surface area contributed by atoms with Gasteiger partial charge in [0, 0.05) is 31.7 Å². The molecule has 0 saturated carbocycles. The number of amides is 5. The van der Waals surface area contributed by atoms with Crippen LogP contribution in [0.4, 0.5) is 4.79 Å². The van der Waals surface area contributed by atoms with Crippen molar-refractivity contribution < 1.29 is 39.0 Å². The molecule has 0 aromatic rings. The predicted octanol–water partition coefficient (Wildman–Crippen LogP) is -0.951. The summed E-state index contributed by atoms with van der Waals surface area (Å²) in [4.78, 5) is 66.7. The van der Waals surface area contributed by atoms with Crippen LogP contribution in [0.1, 0.15) is 52.4 Å². The summed E-state index contributed by atoms with van der Waals surface area (Å²) in [6.45, 7) is 4.19. The number of carboxylic acid groups (broad SMARTS) is 2. The lowest BCUT2D eigenvalue weighted by molar-refractivity contribution is -0.142. The smallest absolute Gasteiger partial charge is 0.322 e. The van der Waals surface area contributed by atoms with Crippen LogP contribution in [0.2, 0.25) is 0 Å². The van der Waals surface area contributed by atoms with Crippen LogP contribution >= 0.6 is 0 Å². The number of carboxylic acids is 2. The molecule has 5 amide bonds. The molecule has 2 atom stereocenters. The topological polar surface area (TPSA) is 234 Å². The Kier molecular flexibility index (Phi) is 15.3. The summed E-state index contributed by atoms with van der Waals surface area (Å²) in [7, 11) is 0. The van der Waals surface area contributed by atoms with Gasteiger partial charge in [-0.2, -0.15) is 0 Å². The van der Waals surface area contributed by atoms with Crippen molar-refractivity contribution in [1.29, 1.82) is 0 Å². The molecular weight excluding hydrogens is 464 g/mol. The fourth-order valence-corrected chi connectivity index (χ4v) is 2.78. The van der Waals surface area contributed by atoms with Gasteiger partial charge >= 0.3 is 18.0 Å². The molecule has 14 heteroatoms. The number of nitrogens with one attached hydrogen (secondary N) is 3. The minimum atomic E-state index is -1.03. The Labute approximate surface area is 203 Å². The van der Waals surface area contributed by atoms with E-state index in [4.69, 9.17) is 21.7 Å². The average molecular weight is 501 g/mol. The molecule has 14 nitrogen and oxygen atoms in total. The van der Waals surface area contributed by atoms with E-state index < -0.39 is 30.1 Å². The molecule has 0 bridgehead atoms. The van der Waals surface area contributed by atoms with E-state index >= 15 is 0 Å². The minimum Gasteiger partial charge on any atom is -0.480 e. The van der Waals surface area contributed by atoms with Gasteiger partial charge in [-0.3, -0.25) is 34.3 Å². The Morgan fingerprint density at radius 1 is 0.971 bits per heavy atom. The van der Waals surface area contributed by atoms with E-state index in [0.29, 0.717) is 45.2 Å². The summed E-state index contributed by atoms with van der Waals surface area (Å²) in [6, 6.07) is -2.31. The van der Waals surface area contributed by atoms with Gasteiger partial charge in [-0.25, -0.2) is 10.2 Å². The zero-order valence-electron chi connectivity index (χ0n) is 20.0. The number of hydrogen-bond donors (Lipinski definition) is 7. The van der Waals surface area contributed by atoms with Crippen LogP contribution in [-0.2, 0) is 24.0 Å². The number of hydrazine groups is 1. The van der Waals surface area contributed by atoms with Crippen LogP contribution in [0.5, 0.6) is 0 Å². The first kappa shape index (κ1) is 31.5. The van der Waals surface area contributed by atoms with Crippen molar-refractivity contribution in [3.05, 3.63) is 12.2 Å². The molecule has 1 heterocycles. The molecule has 1 rings (SSSR count). The average Bonchev–Trinajstić information content (AvgIpc) is 3.08. The zero-order chi connectivity index (χ0) is 27.0. The number of hydrogen-bond acceptors (Lipinski definition) is 8. The first-order valence-electron chi connectivity index (χ1n) is 11.2. The Morgan fingerprint density at radius 3 is 2.06 bits per heavy atom. The number of primary amides is 1. The third-order valence-electron chi connectivity index (χ3n) is 4.79. The van der Waals surface area contributed by atoms with Crippen molar-refractivity contribution in [3.63, 3.8) is 0 Å². The number of rotatable bonds is 15. The summed E-state index contributed by atoms with van der Waals surface area (Å²) in [6.07, 6.45) is 5.49. The van der Waals surface area contributed by atoms with Gasteiger partial charge in [-0.15, -0.1) is 0 Å². The summed E-state index contributed by atoms with van der Waals surface area (Å²) in [5.74, 6) is -3.09. The number of unbranched alkanes of at least 4 members (excludes halogenated alkanes) is 2. The number of aliphatic carboxylic acids is 2. The van der Waals surface area contributed by atoms with Crippen molar-refractivity contribution in [1.82, 2.24) is 21.1 Å². The molecule has 1 aliphatic heterocycles. The molecular formula is C21H36N6O8. The Hall–Kier alpha value is -3.52. The van der Waals surface area contributed by atoms with E-state index in [2.05, 4.69) is 16.2 Å². The second-order valence-corrected chi connectivity index (χ2v) is 8.10. The highest BCUT2D eigenvalue weighted by atomic mass is 16.4. The quantitative estimate of drug-likeness (QED) is 0.0826. The Bertz CT molecular complexity index is 768. The third kappa shape index (κ3) is 14.4. The largest absolute Gasteiger partial charge is 0.480 e.